The van der Waals surface area contributed by atoms with Crippen molar-refractivity contribution in [2.75, 3.05) is 0 Å². The van der Waals surface area contributed by atoms with Crippen LogP contribution < -0.4 is 0 Å². The van der Waals surface area contributed by atoms with Crippen molar-refractivity contribution in [3.05, 3.63) is 29.1 Å². The monoisotopic (exact) mass is 182 g/mol. The maximum atomic E-state index is 12.8. The van der Waals surface area contributed by atoms with E-state index < -0.39 is 11.6 Å². The van der Waals surface area contributed by atoms with Crippen molar-refractivity contribution in [1.29, 1.82) is 5.26 Å². The van der Waals surface area contributed by atoms with Crippen molar-refractivity contribution < 1.29 is 8.78 Å². The number of aromatic nitrogens is 1. The Hall–Kier alpha value is -1.50. The first-order valence-electron chi connectivity index (χ1n) is 3.70. The Morgan fingerprint density at radius 3 is 2.62 bits per heavy atom. The van der Waals surface area contributed by atoms with Crippen molar-refractivity contribution in [2.45, 2.75) is 19.8 Å². The van der Waals surface area contributed by atoms with Crippen LogP contribution in [0.25, 0.3) is 0 Å². The Labute approximate surface area is 74.8 Å². The second-order valence-corrected chi connectivity index (χ2v) is 2.91. The molecule has 0 amide bonds. The Morgan fingerprint density at radius 2 is 2.15 bits per heavy atom. The van der Waals surface area contributed by atoms with Gasteiger partial charge in [0.1, 0.15) is 11.8 Å². The van der Waals surface area contributed by atoms with Crippen molar-refractivity contribution in [1.82, 2.24) is 4.98 Å². The molecular formula is C9H8F2N2. The summed E-state index contributed by atoms with van der Waals surface area (Å²) in [5.74, 6) is -3.06. The third-order valence-corrected chi connectivity index (χ3v) is 1.56. The Bertz CT molecular complexity index is 361. The van der Waals surface area contributed by atoms with E-state index in [1.54, 1.807) is 13.0 Å². The first-order valence-corrected chi connectivity index (χ1v) is 3.70. The smallest absolute Gasteiger partial charge is 0.253 e. The van der Waals surface area contributed by atoms with Crippen LogP contribution in [0.3, 0.4) is 0 Å². The highest BCUT2D eigenvalue weighted by atomic mass is 19.3. The molecule has 1 aromatic heterocycles. The molecule has 0 fully saturated rings. The lowest BCUT2D eigenvalue weighted by atomic mass is 10.1. The van der Waals surface area contributed by atoms with Crippen LogP contribution in [0, 0.1) is 18.3 Å². The van der Waals surface area contributed by atoms with Crippen LogP contribution in [0.15, 0.2) is 12.3 Å². The van der Waals surface area contributed by atoms with Gasteiger partial charge in [-0.3, -0.25) is 4.98 Å². The lowest BCUT2D eigenvalue weighted by Gasteiger charge is -2.10. The van der Waals surface area contributed by atoms with Gasteiger partial charge in [-0.25, -0.2) is 0 Å². The minimum atomic E-state index is -3.06. The van der Waals surface area contributed by atoms with Gasteiger partial charge in [0, 0.05) is 13.1 Å². The number of hydrogen-bond acceptors (Lipinski definition) is 2. The standard InChI is InChI=1S/C9H8F2N2/c1-6-3-7(4-12)8(13-5-6)9(2,10)11/h3,5H,1-2H3. The van der Waals surface area contributed by atoms with Crippen LogP contribution >= 0.6 is 0 Å². The molecule has 68 valence electrons. The number of pyridine rings is 1. The van der Waals surface area contributed by atoms with E-state index in [1.807, 2.05) is 0 Å². The molecule has 1 aromatic rings. The van der Waals surface area contributed by atoms with E-state index >= 15 is 0 Å². The molecule has 0 spiro atoms. The summed E-state index contributed by atoms with van der Waals surface area (Å²) >= 11 is 0. The van der Waals surface area contributed by atoms with Crippen molar-refractivity contribution in [3.63, 3.8) is 0 Å². The Kier molecular flexibility index (Phi) is 2.28. The van der Waals surface area contributed by atoms with Crippen molar-refractivity contribution in [2.24, 2.45) is 0 Å². The molecule has 0 aliphatic carbocycles. The number of aryl methyl sites for hydroxylation is 1. The summed E-state index contributed by atoms with van der Waals surface area (Å²) in [6, 6.07) is 3.10. The molecule has 0 saturated heterocycles. The van der Waals surface area contributed by atoms with Crippen LogP contribution in [0.2, 0.25) is 0 Å². The summed E-state index contributed by atoms with van der Waals surface area (Å²) in [5, 5.41) is 8.58. The van der Waals surface area contributed by atoms with Crippen LogP contribution in [0.1, 0.15) is 23.7 Å². The van der Waals surface area contributed by atoms with Gasteiger partial charge in [0.25, 0.3) is 5.92 Å². The van der Waals surface area contributed by atoms with E-state index in [2.05, 4.69) is 4.98 Å². The molecule has 0 atom stereocenters. The highest BCUT2D eigenvalue weighted by Gasteiger charge is 2.29. The zero-order valence-corrected chi connectivity index (χ0v) is 7.31. The summed E-state index contributed by atoms with van der Waals surface area (Å²) in [6.07, 6.45) is 1.33. The van der Waals surface area contributed by atoms with Gasteiger partial charge in [0.05, 0.1) is 5.56 Å². The van der Waals surface area contributed by atoms with Gasteiger partial charge in [0.2, 0.25) is 0 Å². The van der Waals surface area contributed by atoms with Gasteiger partial charge in [-0.05, 0) is 18.6 Å². The quantitative estimate of drug-likeness (QED) is 0.668. The summed E-state index contributed by atoms with van der Waals surface area (Å²) in [4.78, 5) is 3.55. The van der Waals surface area contributed by atoms with Gasteiger partial charge in [-0.1, -0.05) is 0 Å². The number of halogens is 2. The van der Waals surface area contributed by atoms with Crippen molar-refractivity contribution >= 4 is 0 Å². The SMILES string of the molecule is Cc1cnc(C(C)(F)F)c(C#N)c1. The maximum Gasteiger partial charge on any atom is 0.288 e. The molecule has 1 heterocycles. The van der Waals surface area contributed by atoms with Crippen LogP contribution in [0.4, 0.5) is 8.78 Å². The Morgan fingerprint density at radius 1 is 1.54 bits per heavy atom. The van der Waals surface area contributed by atoms with Crippen molar-refractivity contribution in [3.8, 4) is 6.07 Å². The highest BCUT2D eigenvalue weighted by Crippen LogP contribution is 2.27. The van der Waals surface area contributed by atoms with Crippen LogP contribution in [0.5, 0.6) is 0 Å². The molecule has 0 bridgehead atoms. The Balaban J connectivity index is 3.32. The topological polar surface area (TPSA) is 36.7 Å². The summed E-state index contributed by atoms with van der Waals surface area (Å²) in [5.41, 5.74) is 0.178. The third-order valence-electron chi connectivity index (χ3n) is 1.56. The largest absolute Gasteiger partial charge is 0.288 e. The fraction of sp³-hybridized carbons (Fsp3) is 0.333. The van der Waals surface area contributed by atoms with Gasteiger partial charge in [0.15, 0.2) is 0 Å². The molecule has 2 nitrogen and oxygen atoms in total. The van der Waals surface area contributed by atoms with E-state index in [9.17, 15) is 8.78 Å². The molecule has 0 aliphatic heterocycles. The fourth-order valence-electron chi connectivity index (χ4n) is 1.00. The van der Waals surface area contributed by atoms with E-state index in [4.69, 9.17) is 5.26 Å². The predicted molar refractivity (Wildman–Crippen MR) is 43.3 cm³/mol. The maximum absolute atomic E-state index is 12.8. The molecule has 0 unspecified atom stereocenters. The molecule has 0 aromatic carbocycles. The average Bonchev–Trinajstić information content (AvgIpc) is 2.01. The summed E-state index contributed by atoms with van der Waals surface area (Å²) in [6.45, 7) is 2.43. The summed E-state index contributed by atoms with van der Waals surface area (Å²) in [7, 11) is 0. The van der Waals surface area contributed by atoms with Crippen LogP contribution in [-0.4, -0.2) is 4.98 Å². The lowest BCUT2D eigenvalue weighted by Crippen LogP contribution is -2.12. The highest BCUT2D eigenvalue weighted by molar-refractivity contribution is 5.37. The van der Waals surface area contributed by atoms with Gasteiger partial charge in [-0.2, -0.15) is 14.0 Å². The van der Waals surface area contributed by atoms with Gasteiger partial charge < -0.3 is 0 Å². The predicted octanol–water partition coefficient (Wildman–Crippen LogP) is 2.37. The van der Waals surface area contributed by atoms with E-state index in [1.165, 1.54) is 12.3 Å². The third kappa shape index (κ3) is 2.00. The molecule has 1 rings (SSSR count). The normalized spacial score (nSPS) is 11.0. The van der Waals surface area contributed by atoms with E-state index in [-0.39, 0.29) is 5.56 Å². The minimum absolute atomic E-state index is 0.0625. The molecular weight excluding hydrogens is 174 g/mol. The number of nitriles is 1. The first kappa shape index (κ1) is 9.59. The zero-order valence-electron chi connectivity index (χ0n) is 7.31. The average molecular weight is 182 g/mol. The number of hydrogen-bond donors (Lipinski definition) is 0. The first-order chi connectivity index (χ1) is 5.95. The summed E-state index contributed by atoms with van der Waals surface area (Å²) < 4.78 is 25.6. The molecule has 13 heavy (non-hydrogen) atoms. The molecule has 0 aliphatic rings. The molecule has 0 N–H and O–H groups in total. The second kappa shape index (κ2) is 3.09. The molecule has 4 heteroatoms. The minimum Gasteiger partial charge on any atom is -0.253 e. The van der Waals surface area contributed by atoms with Crippen LogP contribution in [-0.2, 0) is 5.92 Å². The van der Waals surface area contributed by atoms with E-state index in [0.29, 0.717) is 5.56 Å². The number of nitrogens with zero attached hydrogens (tertiary/aromatic N) is 2. The fourth-order valence-corrected chi connectivity index (χ4v) is 1.00. The van der Waals surface area contributed by atoms with Gasteiger partial charge in [-0.15, -0.1) is 0 Å². The molecule has 0 saturated carbocycles. The number of alkyl halides is 2. The second-order valence-electron chi connectivity index (χ2n) is 2.91. The number of rotatable bonds is 1. The molecule has 0 radical (unpaired) electrons. The van der Waals surface area contributed by atoms with E-state index in [0.717, 1.165) is 6.92 Å². The van der Waals surface area contributed by atoms with Gasteiger partial charge >= 0.3 is 0 Å². The zero-order chi connectivity index (χ0) is 10.1. The lowest BCUT2D eigenvalue weighted by molar-refractivity contribution is 0.0124.